The molecule has 1 rings (SSSR count). The van der Waals surface area contributed by atoms with Gasteiger partial charge >= 0.3 is 0 Å². The monoisotopic (exact) mass is 411 g/mol. The van der Waals surface area contributed by atoms with E-state index in [1.165, 1.54) is 0 Å². The number of aliphatic hydroxyl groups is 1. The third-order valence-electron chi connectivity index (χ3n) is 2.49. The van der Waals surface area contributed by atoms with Gasteiger partial charge in [-0.05, 0) is 46.7 Å². The SMILES string of the molecule is CC(C)[C@@H](CO)NC(=O)c1cc(Br)ccc1I. The second kappa shape index (κ2) is 6.70. The minimum atomic E-state index is -0.211. The van der Waals surface area contributed by atoms with Gasteiger partial charge in [0.05, 0.1) is 18.2 Å². The van der Waals surface area contributed by atoms with Gasteiger partial charge in [-0.1, -0.05) is 29.8 Å². The molecule has 0 spiro atoms. The van der Waals surface area contributed by atoms with Crippen molar-refractivity contribution in [2.45, 2.75) is 19.9 Å². The van der Waals surface area contributed by atoms with E-state index in [1.54, 1.807) is 6.07 Å². The summed E-state index contributed by atoms with van der Waals surface area (Å²) in [6.07, 6.45) is 0. The van der Waals surface area contributed by atoms with Crippen LogP contribution in [0.4, 0.5) is 0 Å². The Labute approximate surface area is 123 Å². The van der Waals surface area contributed by atoms with Crippen LogP contribution in [0.1, 0.15) is 24.2 Å². The molecular formula is C12H15BrINO2. The number of amides is 1. The standard InChI is InChI=1S/C12H15BrINO2/c1-7(2)11(6-16)15-12(17)9-5-8(13)3-4-10(9)14/h3-5,7,11,16H,6H2,1-2H3,(H,15,17)/t11-/m1/s1. The Hall–Kier alpha value is -0.140. The van der Waals surface area contributed by atoms with E-state index in [2.05, 4.69) is 43.8 Å². The molecule has 0 saturated heterocycles. The van der Waals surface area contributed by atoms with E-state index >= 15 is 0 Å². The number of aliphatic hydroxyl groups excluding tert-OH is 1. The Morgan fingerprint density at radius 2 is 2.18 bits per heavy atom. The predicted molar refractivity (Wildman–Crippen MR) is 80.0 cm³/mol. The molecule has 0 aliphatic carbocycles. The van der Waals surface area contributed by atoms with Gasteiger partial charge in [-0.25, -0.2) is 0 Å². The fraction of sp³-hybridized carbons (Fsp3) is 0.417. The summed E-state index contributed by atoms with van der Waals surface area (Å²) in [6.45, 7) is 3.88. The summed E-state index contributed by atoms with van der Waals surface area (Å²) in [5.74, 6) is 0.0530. The topological polar surface area (TPSA) is 49.3 Å². The number of hydrogen-bond donors (Lipinski definition) is 2. The average Bonchev–Trinajstić information content (AvgIpc) is 2.28. The van der Waals surface area contributed by atoms with Gasteiger partial charge in [0.15, 0.2) is 0 Å². The van der Waals surface area contributed by atoms with Gasteiger partial charge in [-0.3, -0.25) is 4.79 Å². The van der Waals surface area contributed by atoms with Crippen molar-refractivity contribution in [3.8, 4) is 0 Å². The first-order valence-electron chi connectivity index (χ1n) is 5.32. The Morgan fingerprint density at radius 1 is 1.53 bits per heavy atom. The fourth-order valence-electron chi connectivity index (χ4n) is 1.34. The van der Waals surface area contributed by atoms with E-state index in [0.717, 1.165) is 8.04 Å². The summed E-state index contributed by atoms with van der Waals surface area (Å²) >= 11 is 5.47. The van der Waals surface area contributed by atoms with Crippen LogP contribution >= 0.6 is 38.5 Å². The lowest BCUT2D eigenvalue weighted by Gasteiger charge is -2.20. The molecule has 1 amide bonds. The van der Waals surface area contributed by atoms with Crippen LogP contribution in [0.25, 0.3) is 0 Å². The summed E-state index contributed by atoms with van der Waals surface area (Å²) < 4.78 is 1.76. The largest absolute Gasteiger partial charge is 0.394 e. The molecule has 0 aliphatic rings. The maximum absolute atomic E-state index is 12.0. The smallest absolute Gasteiger partial charge is 0.252 e. The van der Waals surface area contributed by atoms with E-state index in [4.69, 9.17) is 0 Å². The van der Waals surface area contributed by atoms with Crippen LogP contribution in [0.5, 0.6) is 0 Å². The van der Waals surface area contributed by atoms with Crippen molar-refractivity contribution >= 4 is 44.4 Å². The van der Waals surface area contributed by atoms with Gasteiger partial charge in [-0.15, -0.1) is 0 Å². The van der Waals surface area contributed by atoms with Crippen molar-refractivity contribution in [3.05, 3.63) is 31.8 Å². The summed E-state index contributed by atoms with van der Waals surface area (Å²) in [6, 6.07) is 5.34. The van der Waals surface area contributed by atoms with Crippen LogP contribution in [0.2, 0.25) is 0 Å². The maximum atomic E-state index is 12.0. The lowest BCUT2D eigenvalue weighted by molar-refractivity contribution is 0.0896. The molecule has 0 aromatic heterocycles. The molecule has 1 atom stereocenters. The lowest BCUT2D eigenvalue weighted by atomic mass is 10.0. The Balaban J connectivity index is 2.86. The zero-order valence-corrected chi connectivity index (χ0v) is 13.4. The normalized spacial score (nSPS) is 12.6. The highest BCUT2D eigenvalue weighted by molar-refractivity contribution is 14.1. The molecule has 0 bridgehead atoms. The quantitative estimate of drug-likeness (QED) is 0.748. The second-order valence-corrected chi connectivity index (χ2v) is 6.21. The van der Waals surface area contributed by atoms with E-state index in [0.29, 0.717) is 5.56 Å². The first-order chi connectivity index (χ1) is 7.95. The Bertz CT molecular complexity index is 409. The third kappa shape index (κ3) is 4.22. The van der Waals surface area contributed by atoms with Gasteiger partial charge < -0.3 is 10.4 Å². The highest BCUT2D eigenvalue weighted by Crippen LogP contribution is 2.18. The molecule has 0 radical (unpaired) electrons. The molecular weight excluding hydrogens is 397 g/mol. The summed E-state index contributed by atoms with van der Waals surface area (Å²) in [5, 5.41) is 12.0. The first kappa shape index (κ1) is 14.9. The molecule has 17 heavy (non-hydrogen) atoms. The molecule has 5 heteroatoms. The summed E-state index contributed by atoms with van der Waals surface area (Å²) in [7, 11) is 0. The number of carbonyl (C=O) groups excluding carboxylic acids is 1. The lowest BCUT2D eigenvalue weighted by Crippen LogP contribution is -2.41. The van der Waals surface area contributed by atoms with Gasteiger partial charge in [0.1, 0.15) is 0 Å². The highest BCUT2D eigenvalue weighted by Gasteiger charge is 2.17. The van der Waals surface area contributed by atoms with Gasteiger partial charge in [-0.2, -0.15) is 0 Å². The van der Waals surface area contributed by atoms with E-state index in [1.807, 2.05) is 26.0 Å². The molecule has 0 unspecified atom stereocenters. The highest BCUT2D eigenvalue weighted by atomic mass is 127. The molecule has 1 aromatic carbocycles. The van der Waals surface area contributed by atoms with Crippen LogP contribution in [0, 0.1) is 9.49 Å². The molecule has 0 aliphatic heterocycles. The second-order valence-electron chi connectivity index (χ2n) is 4.13. The minimum Gasteiger partial charge on any atom is -0.394 e. The summed E-state index contributed by atoms with van der Waals surface area (Å²) in [4.78, 5) is 12.0. The molecule has 0 fully saturated rings. The van der Waals surface area contributed by atoms with Crippen molar-refractivity contribution in [2.24, 2.45) is 5.92 Å². The van der Waals surface area contributed by atoms with Crippen molar-refractivity contribution in [2.75, 3.05) is 6.61 Å². The molecule has 2 N–H and O–H groups in total. The average molecular weight is 412 g/mol. The number of nitrogens with one attached hydrogen (secondary N) is 1. The summed E-state index contributed by atoms with van der Waals surface area (Å²) in [5.41, 5.74) is 0.624. The maximum Gasteiger partial charge on any atom is 0.252 e. The van der Waals surface area contributed by atoms with E-state index in [-0.39, 0.29) is 24.5 Å². The van der Waals surface area contributed by atoms with Crippen LogP contribution in [-0.4, -0.2) is 23.7 Å². The first-order valence-corrected chi connectivity index (χ1v) is 7.19. The molecule has 3 nitrogen and oxygen atoms in total. The van der Waals surface area contributed by atoms with Crippen molar-refractivity contribution in [3.63, 3.8) is 0 Å². The molecule has 1 aromatic rings. The van der Waals surface area contributed by atoms with Crippen LogP contribution in [-0.2, 0) is 0 Å². The minimum absolute atomic E-state index is 0.0476. The van der Waals surface area contributed by atoms with Crippen LogP contribution in [0.15, 0.2) is 22.7 Å². The van der Waals surface area contributed by atoms with E-state index < -0.39 is 0 Å². The molecule has 0 saturated carbocycles. The third-order valence-corrected chi connectivity index (χ3v) is 3.92. The predicted octanol–water partition coefficient (Wildman–Crippen LogP) is 2.80. The number of rotatable bonds is 4. The number of carbonyl (C=O) groups is 1. The van der Waals surface area contributed by atoms with Crippen LogP contribution < -0.4 is 5.32 Å². The number of hydrogen-bond acceptors (Lipinski definition) is 2. The van der Waals surface area contributed by atoms with Gasteiger partial charge in [0.2, 0.25) is 0 Å². The number of halogens is 2. The van der Waals surface area contributed by atoms with Crippen LogP contribution in [0.3, 0.4) is 0 Å². The number of benzene rings is 1. The van der Waals surface area contributed by atoms with Gasteiger partial charge in [0.25, 0.3) is 5.91 Å². The fourth-order valence-corrected chi connectivity index (χ4v) is 2.28. The molecule has 0 heterocycles. The Morgan fingerprint density at radius 3 is 2.71 bits per heavy atom. The van der Waals surface area contributed by atoms with Gasteiger partial charge in [0, 0.05) is 8.04 Å². The van der Waals surface area contributed by atoms with Crippen molar-refractivity contribution < 1.29 is 9.90 Å². The molecule has 94 valence electrons. The van der Waals surface area contributed by atoms with E-state index in [9.17, 15) is 9.90 Å². The zero-order chi connectivity index (χ0) is 13.0. The van der Waals surface area contributed by atoms with Crippen molar-refractivity contribution in [1.82, 2.24) is 5.32 Å². The van der Waals surface area contributed by atoms with Crippen molar-refractivity contribution in [1.29, 1.82) is 0 Å². The zero-order valence-electron chi connectivity index (χ0n) is 9.71. The Kier molecular flexibility index (Phi) is 5.88.